The van der Waals surface area contributed by atoms with Crippen LogP contribution in [0, 0.1) is 18.7 Å². The summed E-state index contributed by atoms with van der Waals surface area (Å²) in [6.07, 6.45) is 1.01. The van der Waals surface area contributed by atoms with E-state index in [2.05, 4.69) is 27.9 Å². The molecule has 2 N–H and O–H groups in total. The molecule has 4 heteroatoms. The number of likely N-dealkylation sites (tertiary alicyclic amines) is 1. The van der Waals surface area contributed by atoms with Gasteiger partial charge in [0.2, 0.25) is 0 Å². The molecule has 1 aromatic rings. The van der Waals surface area contributed by atoms with E-state index in [0.717, 1.165) is 18.5 Å². The second kappa shape index (κ2) is 5.04. The monoisotopic (exact) mass is 300 g/mol. The van der Waals surface area contributed by atoms with Crippen LogP contribution in [0.3, 0.4) is 0 Å². The Kier molecular flexibility index (Phi) is 3.85. The predicted molar refractivity (Wildman–Crippen MR) is 71.4 cm³/mol. The van der Waals surface area contributed by atoms with Crippen LogP contribution in [0.5, 0.6) is 0 Å². The minimum Gasteiger partial charge on any atom is -0.330 e. The summed E-state index contributed by atoms with van der Waals surface area (Å²) in [6.45, 7) is 3.47. The average Bonchev–Trinajstić information content (AvgIpc) is 2.68. The highest BCUT2D eigenvalue weighted by Gasteiger charge is 2.31. The van der Waals surface area contributed by atoms with Crippen LogP contribution in [-0.4, -0.2) is 25.0 Å². The van der Waals surface area contributed by atoms with Crippen LogP contribution in [-0.2, 0) is 0 Å². The van der Waals surface area contributed by atoms with Gasteiger partial charge in [-0.25, -0.2) is 4.39 Å². The van der Waals surface area contributed by atoms with Crippen molar-refractivity contribution in [3.8, 4) is 0 Å². The molecule has 2 unspecified atom stereocenters. The highest BCUT2D eigenvalue weighted by atomic mass is 79.9. The summed E-state index contributed by atoms with van der Waals surface area (Å²) >= 11 is 3.38. The number of hydrogen-bond donors (Lipinski definition) is 1. The SMILES string of the molecule is Cc1ccc(C2CC(CN)CN2C)c(Br)c1F. The molecule has 0 aromatic heterocycles. The molecule has 1 aliphatic heterocycles. The Balaban J connectivity index is 2.32. The predicted octanol–water partition coefficient (Wildman–Crippen LogP) is 2.85. The molecular formula is C13H18BrFN2. The van der Waals surface area contributed by atoms with Crippen LogP contribution < -0.4 is 5.73 Å². The standard InChI is InChI=1S/C13H18BrFN2/c1-8-3-4-10(12(14)13(8)15)11-5-9(6-16)7-17(11)2/h3-4,9,11H,5-7,16H2,1-2H3. The van der Waals surface area contributed by atoms with E-state index in [9.17, 15) is 4.39 Å². The lowest BCUT2D eigenvalue weighted by molar-refractivity contribution is 0.312. The zero-order valence-electron chi connectivity index (χ0n) is 10.2. The Bertz CT molecular complexity index is 422. The van der Waals surface area contributed by atoms with Crippen LogP contribution in [0.1, 0.15) is 23.6 Å². The largest absolute Gasteiger partial charge is 0.330 e. The van der Waals surface area contributed by atoms with Gasteiger partial charge in [-0.05, 0) is 59.9 Å². The molecule has 0 radical (unpaired) electrons. The maximum Gasteiger partial charge on any atom is 0.140 e. The van der Waals surface area contributed by atoms with Gasteiger partial charge >= 0.3 is 0 Å². The van der Waals surface area contributed by atoms with E-state index >= 15 is 0 Å². The molecule has 1 aliphatic rings. The Morgan fingerprint density at radius 1 is 1.53 bits per heavy atom. The first-order chi connectivity index (χ1) is 8.04. The molecule has 1 saturated heterocycles. The molecule has 0 spiro atoms. The summed E-state index contributed by atoms with van der Waals surface area (Å²) in [7, 11) is 2.07. The van der Waals surface area contributed by atoms with Crippen LogP contribution in [0.15, 0.2) is 16.6 Å². The smallest absolute Gasteiger partial charge is 0.140 e. The van der Waals surface area contributed by atoms with Gasteiger partial charge in [0, 0.05) is 12.6 Å². The fraction of sp³-hybridized carbons (Fsp3) is 0.538. The molecule has 0 aliphatic carbocycles. The van der Waals surface area contributed by atoms with E-state index in [4.69, 9.17) is 5.73 Å². The van der Waals surface area contributed by atoms with Crippen molar-refractivity contribution in [2.24, 2.45) is 11.7 Å². The summed E-state index contributed by atoms with van der Waals surface area (Å²) in [5.41, 5.74) is 7.43. The number of halogens is 2. The molecule has 2 rings (SSSR count). The van der Waals surface area contributed by atoms with Crippen LogP contribution in [0.25, 0.3) is 0 Å². The molecular weight excluding hydrogens is 283 g/mol. The Hall–Kier alpha value is -0.450. The molecule has 0 amide bonds. The zero-order chi connectivity index (χ0) is 12.6. The summed E-state index contributed by atoms with van der Waals surface area (Å²) in [6, 6.07) is 4.13. The normalized spacial score (nSPS) is 25.5. The van der Waals surface area contributed by atoms with Crippen molar-refractivity contribution in [3.63, 3.8) is 0 Å². The third-order valence-corrected chi connectivity index (χ3v) is 4.44. The number of benzene rings is 1. The van der Waals surface area contributed by atoms with Gasteiger partial charge in [0.1, 0.15) is 5.82 Å². The molecule has 17 heavy (non-hydrogen) atoms. The quantitative estimate of drug-likeness (QED) is 0.910. The van der Waals surface area contributed by atoms with E-state index in [0.29, 0.717) is 22.5 Å². The van der Waals surface area contributed by atoms with E-state index in [1.807, 2.05) is 12.1 Å². The van der Waals surface area contributed by atoms with Crippen LogP contribution in [0.2, 0.25) is 0 Å². The van der Waals surface area contributed by atoms with Gasteiger partial charge in [0.05, 0.1) is 4.47 Å². The number of hydrogen-bond acceptors (Lipinski definition) is 2. The first-order valence-electron chi connectivity index (χ1n) is 5.89. The number of aryl methyl sites for hydroxylation is 1. The third kappa shape index (κ3) is 2.39. The molecule has 2 nitrogen and oxygen atoms in total. The van der Waals surface area contributed by atoms with E-state index in [-0.39, 0.29) is 11.9 Å². The van der Waals surface area contributed by atoms with Gasteiger partial charge in [-0.2, -0.15) is 0 Å². The summed E-state index contributed by atoms with van der Waals surface area (Å²) in [4.78, 5) is 2.26. The number of rotatable bonds is 2. The molecule has 1 fully saturated rings. The topological polar surface area (TPSA) is 29.3 Å². The summed E-state index contributed by atoms with van der Waals surface area (Å²) in [5, 5.41) is 0. The van der Waals surface area contributed by atoms with Crippen LogP contribution in [0.4, 0.5) is 4.39 Å². The van der Waals surface area contributed by atoms with Crippen molar-refractivity contribution in [3.05, 3.63) is 33.5 Å². The Morgan fingerprint density at radius 3 is 2.82 bits per heavy atom. The Labute approximate surface area is 110 Å². The molecule has 1 aromatic carbocycles. The Morgan fingerprint density at radius 2 is 2.24 bits per heavy atom. The minimum absolute atomic E-state index is 0.146. The van der Waals surface area contributed by atoms with E-state index in [1.165, 1.54) is 0 Å². The summed E-state index contributed by atoms with van der Waals surface area (Å²) in [5.74, 6) is 0.369. The average molecular weight is 301 g/mol. The van der Waals surface area contributed by atoms with Gasteiger partial charge < -0.3 is 5.73 Å². The third-order valence-electron chi connectivity index (χ3n) is 3.63. The number of nitrogens with zero attached hydrogens (tertiary/aromatic N) is 1. The molecule has 0 bridgehead atoms. The first kappa shape index (κ1) is 13.0. The molecule has 94 valence electrons. The van der Waals surface area contributed by atoms with Crippen molar-refractivity contribution >= 4 is 15.9 Å². The van der Waals surface area contributed by atoms with Gasteiger partial charge in [0.25, 0.3) is 0 Å². The van der Waals surface area contributed by atoms with Crippen LogP contribution >= 0.6 is 15.9 Å². The van der Waals surface area contributed by atoms with Crippen molar-refractivity contribution in [2.75, 3.05) is 20.1 Å². The fourth-order valence-corrected chi connectivity index (χ4v) is 3.27. The molecule has 1 heterocycles. The fourth-order valence-electron chi connectivity index (χ4n) is 2.56. The van der Waals surface area contributed by atoms with Gasteiger partial charge in [-0.15, -0.1) is 0 Å². The maximum atomic E-state index is 13.9. The van der Waals surface area contributed by atoms with Gasteiger partial charge in [-0.3, -0.25) is 4.90 Å². The lowest BCUT2D eigenvalue weighted by Crippen LogP contribution is -2.21. The van der Waals surface area contributed by atoms with Crippen molar-refractivity contribution in [1.82, 2.24) is 4.90 Å². The molecule has 0 saturated carbocycles. The van der Waals surface area contributed by atoms with Crippen molar-refractivity contribution in [2.45, 2.75) is 19.4 Å². The van der Waals surface area contributed by atoms with E-state index in [1.54, 1.807) is 6.92 Å². The second-order valence-corrected chi connectivity index (χ2v) is 5.69. The van der Waals surface area contributed by atoms with Gasteiger partial charge in [0.15, 0.2) is 0 Å². The lowest BCUT2D eigenvalue weighted by atomic mass is 9.99. The van der Waals surface area contributed by atoms with Crippen molar-refractivity contribution in [1.29, 1.82) is 0 Å². The second-order valence-electron chi connectivity index (χ2n) is 4.89. The molecule has 2 atom stereocenters. The minimum atomic E-state index is -0.146. The van der Waals surface area contributed by atoms with Crippen molar-refractivity contribution < 1.29 is 4.39 Å². The lowest BCUT2D eigenvalue weighted by Gasteiger charge is -2.21. The highest BCUT2D eigenvalue weighted by Crippen LogP contribution is 2.38. The highest BCUT2D eigenvalue weighted by molar-refractivity contribution is 9.10. The van der Waals surface area contributed by atoms with E-state index < -0.39 is 0 Å². The zero-order valence-corrected chi connectivity index (χ0v) is 11.8. The first-order valence-corrected chi connectivity index (χ1v) is 6.68. The number of nitrogens with two attached hydrogens (primary N) is 1. The summed E-state index contributed by atoms with van der Waals surface area (Å²) < 4.78 is 14.5. The van der Waals surface area contributed by atoms with Gasteiger partial charge in [-0.1, -0.05) is 12.1 Å². The maximum absolute atomic E-state index is 13.9.